The van der Waals surface area contributed by atoms with E-state index in [2.05, 4.69) is 61.1 Å². The standard InChI is InChI=1S/C30H44O5Si/c1-11-30(9)34-26-13-12-25(31-10)24-17-22-16-23(33-21(8)27(22)29(35-30)28(24)26)14-15-32-36(18(2)3,19(4)5)20(6)7/h11-13,17-21,23H,1,14-16H2,2-10H3/t21-,23-,30-/m0/s1. The highest BCUT2D eigenvalue weighted by atomic mass is 28.4. The fourth-order valence-corrected chi connectivity index (χ4v) is 12.2. The lowest BCUT2D eigenvalue weighted by molar-refractivity contribution is -0.0665. The van der Waals surface area contributed by atoms with E-state index in [0.29, 0.717) is 16.6 Å². The van der Waals surface area contributed by atoms with Gasteiger partial charge in [-0.25, -0.2) is 0 Å². The summed E-state index contributed by atoms with van der Waals surface area (Å²) in [5.41, 5.74) is 4.06. The largest absolute Gasteiger partial charge is 0.496 e. The molecule has 2 heterocycles. The van der Waals surface area contributed by atoms with Gasteiger partial charge in [-0.15, -0.1) is 0 Å². The van der Waals surface area contributed by atoms with Crippen molar-refractivity contribution in [3.8, 4) is 17.2 Å². The number of hydrogen-bond acceptors (Lipinski definition) is 5. The molecule has 0 bridgehead atoms. The van der Waals surface area contributed by atoms with Crippen molar-refractivity contribution in [1.29, 1.82) is 0 Å². The molecule has 0 saturated heterocycles. The number of hydrogen-bond donors (Lipinski definition) is 0. The zero-order chi connectivity index (χ0) is 26.4. The highest BCUT2D eigenvalue weighted by molar-refractivity contribution is 6.77. The second kappa shape index (κ2) is 10.0. The van der Waals surface area contributed by atoms with Crippen molar-refractivity contribution in [3.05, 3.63) is 42.0 Å². The Hall–Kier alpha value is -2.02. The van der Waals surface area contributed by atoms with Gasteiger partial charge in [-0.05, 0) is 66.2 Å². The van der Waals surface area contributed by atoms with Crippen LogP contribution in [-0.2, 0) is 15.6 Å². The number of benzene rings is 2. The smallest absolute Gasteiger partial charge is 0.267 e. The first-order valence-electron chi connectivity index (χ1n) is 13.4. The van der Waals surface area contributed by atoms with Crippen LogP contribution in [0.2, 0.25) is 16.6 Å². The summed E-state index contributed by atoms with van der Waals surface area (Å²) in [6.07, 6.45) is 3.38. The van der Waals surface area contributed by atoms with Crippen molar-refractivity contribution < 1.29 is 23.4 Å². The van der Waals surface area contributed by atoms with Gasteiger partial charge in [0, 0.05) is 24.5 Å². The van der Waals surface area contributed by atoms with Gasteiger partial charge in [0.05, 0.1) is 24.7 Å². The third-order valence-electron chi connectivity index (χ3n) is 8.26. The van der Waals surface area contributed by atoms with E-state index in [1.807, 2.05) is 19.1 Å². The average Bonchev–Trinajstić information content (AvgIpc) is 2.80. The van der Waals surface area contributed by atoms with Gasteiger partial charge in [-0.1, -0.05) is 48.1 Å². The Balaban J connectivity index is 1.65. The first-order chi connectivity index (χ1) is 17.0. The van der Waals surface area contributed by atoms with Gasteiger partial charge in [-0.3, -0.25) is 0 Å². The quantitative estimate of drug-likeness (QED) is 0.251. The topological polar surface area (TPSA) is 46.2 Å². The van der Waals surface area contributed by atoms with Gasteiger partial charge in [0.25, 0.3) is 5.79 Å². The first kappa shape index (κ1) is 27.0. The second-order valence-electron chi connectivity index (χ2n) is 11.5. The van der Waals surface area contributed by atoms with Gasteiger partial charge in [0.1, 0.15) is 17.2 Å². The summed E-state index contributed by atoms with van der Waals surface area (Å²) in [6, 6.07) is 6.15. The lowest BCUT2D eigenvalue weighted by atomic mass is 9.88. The summed E-state index contributed by atoms with van der Waals surface area (Å²) < 4.78 is 31.8. The summed E-state index contributed by atoms with van der Waals surface area (Å²) in [5, 5.41) is 1.94. The number of ether oxygens (including phenoxy) is 4. The van der Waals surface area contributed by atoms with E-state index in [9.17, 15) is 0 Å². The van der Waals surface area contributed by atoms with Crippen LogP contribution < -0.4 is 14.2 Å². The zero-order valence-electron chi connectivity index (χ0n) is 23.6. The Bertz CT molecular complexity index is 1100. The molecule has 0 unspecified atom stereocenters. The monoisotopic (exact) mass is 512 g/mol. The van der Waals surface area contributed by atoms with E-state index < -0.39 is 14.1 Å². The molecule has 0 spiro atoms. The summed E-state index contributed by atoms with van der Waals surface area (Å²) >= 11 is 0. The maximum atomic E-state index is 6.84. The van der Waals surface area contributed by atoms with Crippen LogP contribution in [0.15, 0.2) is 30.9 Å². The molecule has 2 aromatic carbocycles. The van der Waals surface area contributed by atoms with Gasteiger partial charge in [0.15, 0.2) is 8.32 Å². The van der Waals surface area contributed by atoms with Crippen LogP contribution in [0.1, 0.15) is 79.0 Å². The van der Waals surface area contributed by atoms with Crippen LogP contribution in [0.25, 0.3) is 10.8 Å². The van der Waals surface area contributed by atoms with Crippen molar-refractivity contribution >= 4 is 19.1 Å². The number of fused-ring (bicyclic) bond motifs is 2. The highest BCUT2D eigenvalue weighted by Crippen LogP contribution is 2.51. The molecule has 0 amide bonds. The second-order valence-corrected chi connectivity index (χ2v) is 16.9. The van der Waals surface area contributed by atoms with Crippen molar-refractivity contribution in [2.24, 2.45) is 0 Å². The van der Waals surface area contributed by atoms with E-state index in [0.717, 1.165) is 53.0 Å². The summed E-state index contributed by atoms with van der Waals surface area (Å²) in [7, 11) is -0.195. The Morgan fingerprint density at radius 3 is 2.36 bits per heavy atom. The van der Waals surface area contributed by atoms with Crippen LogP contribution in [0.3, 0.4) is 0 Å². The minimum Gasteiger partial charge on any atom is -0.496 e. The molecule has 3 atom stereocenters. The van der Waals surface area contributed by atoms with Crippen molar-refractivity contribution in [2.75, 3.05) is 13.7 Å². The summed E-state index contributed by atoms with van der Waals surface area (Å²) in [5.74, 6) is 1.47. The zero-order valence-corrected chi connectivity index (χ0v) is 24.6. The molecule has 2 aromatic rings. The number of rotatable bonds is 9. The molecule has 4 rings (SSSR count). The molecule has 6 heteroatoms. The van der Waals surface area contributed by atoms with Crippen LogP contribution in [0.4, 0.5) is 0 Å². The molecular formula is C30H44O5Si. The van der Waals surface area contributed by atoms with Gasteiger partial charge < -0.3 is 23.4 Å². The van der Waals surface area contributed by atoms with E-state index >= 15 is 0 Å². The minimum absolute atomic E-state index is 0.0927. The minimum atomic E-state index is -1.90. The third kappa shape index (κ3) is 4.46. The number of methoxy groups -OCH3 is 1. The molecule has 2 aliphatic heterocycles. The first-order valence-corrected chi connectivity index (χ1v) is 15.6. The van der Waals surface area contributed by atoms with E-state index in [-0.39, 0.29) is 12.2 Å². The lowest BCUT2D eigenvalue weighted by Crippen LogP contribution is -2.48. The van der Waals surface area contributed by atoms with Crippen molar-refractivity contribution in [1.82, 2.24) is 0 Å². The Labute approximate surface area is 218 Å². The molecule has 2 aliphatic rings. The van der Waals surface area contributed by atoms with Crippen LogP contribution >= 0.6 is 0 Å². The van der Waals surface area contributed by atoms with E-state index in [1.54, 1.807) is 13.2 Å². The SMILES string of the molecule is C=C[C@@]1(C)Oc2ccc(OC)c3cc4c(c(c23)O1)[C@H](C)O[C@@H](CCO[Si](C(C)C)(C(C)C)C(C)C)C4. The van der Waals surface area contributed by atoms with Crippen LogP contribution in [0, 0.1) is 0 Å². The molecule has 0 fully saturated rings. The molecule has 5 nitrogen and oxygen atoms in total. The van der Waals surface area contributed by atoms with Gasteiger partial charge >= 0.3 is 0 Å². The third-order valence-corrected chi connectivity index (χ3v) is 14.4. The average molecular weight is 513 g/mol. The van der Waals surface area contributed by atoms with E-state index in [1.165, 1.54) is 5.56 Å². The molecule has 0 N–H and O–H groups in total. The predicted octanol–water partition coefficient (Wildman–Crippen LogP) is 8.11. The molecule has 0 aliphatic carbocycles. The normalized spacial score (nSPS) is 23.6. The van der Waals surface area contributed by atoms with Crippen molar-refractivity contribution in [2.45, 2.75) is 103 Å². The molecule has 0 saturated carbocycles. The van der Waals surface area contributed by atoms with E-state index in [4.69, 9.17) is 23.4 Å². The molecule has 0 aromatic heterocycles. The lowest BCUT2D eigenvalue weighted by Gasteiger charge is -2.43. The maximum Gasteiger partial charge on any atom is 0.267 e. The molecule has 0 radical (unpaired) electrons. The van der Waals surface area contributed by atoms with Gasteiger partial charge in [-0.2, -0.15) is 0 Å². The fraction of sp³-hybridized carbons (Fsp3) is 0.600. The van der Waals surface area contributed by atoms with Crippen LogP contribution in [0.5, 0.6) is 17.2 Å². The summed E-state index contributed by atoms with van der Waals surface area (Å²) in [6.45, 7) is 22.7. The van der Waals surface area contributed by atoms with Gasteiger partial charge in [0.2, 0.25) is 0 Å². The van der Waals surface area contributed by atoms with Crippen molar-refractivity contribution in [3.63, 3.8) is 0 Å². The predicted molar refractivity (Wildman–Crippen MR) is 149 cm³/mol. The summed E-state index contributed by atoms with van der Waals surface area (Å²) in [4.78, 5) is 0. The van der Waals surface area contributed by atoms with Crippen LogP contribution in [-0.4, -0.2) is 33.9 Å². The molecule has 198 valence electrons. The Kier molecular flexibility index (Phi) is 7.53. The Morgan fingerprint density at radius 2 is 1.78 bits per heavy atom. The maximum absolute atomic E-state index is 6.84. The Morgan fingerprint density at radius 1 is 1.11 bits per heavy atom. The highest BCUT2D eigenvalue weighted by Gasteiger charge is 2.45. The molecular weight excluding hydrogens is 468 g/mol. The fourth-order valence-electron chi connectivity index (χ4n) is 6.69. The molecule has 36 heavy (non-hydrogen) atoms.